The van der Waals surface area contributed by atoms with Crippen LogP contribution < -0.4 is 10.2 Å². The smallest absolute Gasteiger partial charge is 0.0741 e. The standard InChI is InChI=1S/C16H26N2O/c1-12(2)17-10-14-4-6-15(7-5-14)18-9-8-13(3)16(19)11-18/h4-7,12-13,16-17,19H,8-11H2,1-3H3. The molecule has 1 aromatic rings. The first-order valence-electron chi connectivity index (χ1n) is 7.31. The Balaban J connectivity index is 1.94. The third kappa shape index (κ3) is 3.95. The van der Waals surface area contributed by atoms with E-state index in [9.17, 15) is 5.11 Å². The van der Waals surface area contributed by atoms with Crippen LogP contribution in [0.25, 0.3) is 0 Å². The van der Waals surface area contributed by atoms with E-state index in [1.54, 1.807) is 0 Å². The average Bonchev–Trinajstić information content (AvgIpc) is 2.40. The van der Waals surface area contributed by atoms with Gasteiger partial charge in [-0.05, 0) is 30.0 Å². The second-order valence-corrected chi connectivity index (χ2v) is 5.98. The van der Waals surface area contributed by atoms with E-state index in [-0.39, 0.29) is 6.10 Å². The van der Waals surface area contributed by atoms with Crippen molar-refractivity contribution in [1.82, 2.24) is 5.32 Å². The Morgan fingerprint density at radius 1 is 1.32 bits per heavy atom. The van der Waals surface area contributed by atoms with Gasteiger partial charge in [-0.15, -0.1) is 0 Å². The maximum atomic E-state index is 9.96. The summed E-state index contributed by atoms with van der Waals surface area (Å²) in [5.41, 5.74) is 2.53. The van der Waals surface area contributed by atoms with Crippen LogP contribution in [0, 0.1) is 5.92 Å². The fourth-order valence-electron chi connectivity index (χ4n) is 2.43. The number of aliphatic hydroxyl groups is 1. The largest absolute Gasteiger partial charge is 0.391 e. The van der Waals surface area contributed by atoms with Crippen molar-refractivity contribution >= 4 is 5.69 Å². The highest BCUT2D eigenvalue weighted by Gasteiger charge is 2.24. The summed E-state index contributed by atoms with van der Waals surface area (Å²) in [5, 5.41) is 13.4. The summed E-state index contributed by atoms with van der Waals surface area (Å²) in [5.74, 6) is 0.422. The molecule has 0 aliphatic carbocycles. The average molecular weight is 262 g/mol. The Kier molecular flexibility index (Phi) is 4.83. The van der Waals surface area contributed by atoms with Crippen molar-refractivity contribution < 1.29 is 5.11 Å². The van der Waals surface area contributed by atoms with Crippen molar-refractivity contribution in [1.29, 1.82) is 0 Å². The molecular weight excluding hydrogens is 236 g/mol. The lowest BCUT2D eigenvalue weighted by Crippen LogP contribution is -2.42. The van der Waals surface area contributed by atoms with E-state index in [2.05, 4.69) is 55.3 Å². The Hall–Kier alpha value is -1.06. The minimum atomic E-state index is -0.198. The number of nitrogens with one attached hydrogen (secondary N) is 1. The first-order chi connectivity index (χ1) is 9.06. The molecule has 2 unspecified atom stereocenters. The summed E-state index contributed by atoms with van der Waals surface area (Å²) in [7, 11) is 0. The number of rotatable bonds is 4. The van der Waals surface area contributed by atoms with Crippen molar-refractivity contribution in [3.8, 4) is 0 Å². The molecule has 1 heterocycles. The molecule has 3 heteroatoms. The molecule has 0 saturated carbocycles. The zero-order valence-electron chi connectivity index (χ0n) is 12.3. The van der Waals surface area contributed by atoms with Crippen molar-refractivity contribution in [3.05, 3.63) is 29.8 Å². The summed E-state index contributed by atoms with van der Waals surface area (Å²) in [6.07, 6.45) is 0.869. The third-order valence-electron chi connectivity index (χ3n) is 3.93. The number of hydrogen-bond donors (Lipinski definition) is 2. The van der Waals surface area contributed by atoms with Crippen molar-refractivity contribution in [2.75, 3.05) is 18.0 Å². The molecule has 3 nitrogen and oxygen atoms in total. The van der Waals surface area contributed by atoms with Gasteiger partial charge in [0, 0.05) is 31.4 Å². The summed E-state index contributed by atoms with van der Waals surface area (Å²) in [6.45, 7) is 9.15. The number of hydrogen-bond acceptors (Lipinski definition) is 3. The molecule has 0 bridgehead atoms. The van der Waals surface area contributed by atoms with E-state index in [1.807, 2.05) is 0 Å². The van der Waals surface area contributed by atoms with Gasteiger partial charge in [0.15, 0.2) is 0 Å². The number of anilines is 1. The van der Waals surface area contributed by atoms with Crippen molar-refractivity contribution in [3.63, 3.8) is 0 Å². The quantitative estimate of drug-likeness (QED) is 0.874. The fraction of sp³-hybridized carbons (Fsp3) is 0.625. The Bertz CT molecular complexity index is 388. The predicted octanol–water partition coefficient (Wildman–Crippen LogP) is 2.39. The van der Waals surface area contributed by atoms with E-state index < -0.39 is 0 Å². The summed E-state index contributed by atoms with van der Waals surface area (Å²) < 4.78 is 0. The van der Waals surface area contributed by atoms with E-state index in [4.69, 9.17) is 0 Å². The van der Waals surface area contributed by atoms with Crippen LogP contribution in [0.3, 0.4) is 0 Å². The van der Waals surface area contributed by atoms with Crippen LogP contribution in [0.15, 0.2) is 24.3 Å². The Morgan fingerprint density at radius 3 is 2.58 bits per heavy atom. The highest BCUT2D eigenvalue weighted by Crippen LogP contribution is 2.23. The van der Waals surface area contributed by atoms with Crippen molar-refractivity contribution in [2.24, 2.45) is 5.92 Å². The third-order valence-corrected chi connectivity index (χ3v) is 3.93. The summed E-state index contributed by atoms with van der Waals surface area (Å²) >= 11 is 0. The molecule has 1 saturated heterocycles. The molecule has 2 rings (SSSR count). The molecule has 0 amide bonds. The normalized spacial score (nSPS) is 23.9. The van der Waals surface area contributed by atoms with Crippen LogP contribution in [0.4, 0.5) is 5.69 Å². The SMILES string of the molecule is CC(C)NCc1ccc(N2CCC(C)C(O)C2)cc1. The first kappa shape index (κ1) is 14.4. The number of benzene rings is 1. The van der Waals surface area contributed by atoms with Crippen LogP contribution in [-0.4, -0.2) is 30.3 Å². The summed E-state index contributed by atoms with van der Waals surface area (Å²) in [4.78, 5) is 2.28. The van der Waals surface area contributed by atoms with Crippen LogP contribution in [0.5, 0.6) is 0 Å². The first-order valence-corrected chi connectivity index (χ1v) is 7.31. The zero-order chi connectivity index (χ0) is 13.8. The Labute approximate surface area is 116 Å². The zero-order valence-corrected chi connectivity index (χ0v) is 12.3. The molecule has 0 aromatic heterocycles. The molecule has 1 aliphatic rings. The second kappa shape index (κ2) is 6.40. The van der Waals surface area contributed by atoms with E-state index >= 15 is 0 Å². The van der Waals surface area contributed by atoms with E-state index in [0.717, 1.165) is 26.1 Å². The lowest BCUT2D eigenvalue weighted by molar-refractivity contribution is 0.103. The van der Waals surface area contributed by atoms with E-state index in [1.165, 1.54) is 11.3 Å². The van der Waals surface area contributed by atoms with Gasteiger partial charge in [-0.1, -0.05) is 32.9 Å². The molecular formula is C16H26N2O. The van der Waals surface area contributed by atoms with Gasteiger partial charge in [-0.2, -0.15) is 0 Å². The van der Waals surface area contributed by atoms with Crippen LogP contribution >= 0.6 is 0 Å². The molecule has 2 atom stereocenters. The lowest BCUT2D eigenvalue weighted by Gasteiger charge is -2.35. The molecule has 1 fully saturated rings. The van der Waals surface area contributed by atoms with Crippen molar-refractivity contribution in [2.45, 2.75) is 45.9 Å². The monoisotopic (exact) mass is 262 g/mol. The van der Waals surface area contributed by atoms with Gasteiger partial charge in [0.05, 0.1) is 6.10 Å². The predicted molar refractivity (Wildman–Crippen MR) is 80.4 cm³/mol. The van der Waals surface area contributed by atoms with Crippen LogP contribution in [0.2, 0.25) is 0 Å². The molecule has 1 aromatic carbocycles. The van der Waals surface area contributed by atoms with Gasteiger partial charge in [-0.3, -0.25) is 0 Å². The number of nitrogens with zero attached hydrogens (tertiary/aromatic N) is 1. The van der Waals surface area contributed by atoms with Gasteiger partial charge in [-0.25, -0.2) is 0 Å². The number of aliphatic hydroxyl groups excluding tert-OH is 1. The highest BCUT2D eigenvalue weighted by atomic mass is 16.3. The van der Waals surface area contributed by atoms with Gasteiger partial charge < -0.3 is 15.3 Å². The number of piperidine rings is 1. The fourth-order valence-corrected chi connectivity index (χ4v) is 2.43. The second-order valence-electron chi connectivity index (χ2n) is 5.98. The maximum absolute atomic E-state index is 9.96. The van der Waals surface area contributed by atoms with Gasteiger partial charge >= 0.3 is 0 Å². The van der Waals surface area contributed by atoms with Crippen LogP contribution in [0.1, 0.15) is 32.8 Å². The van der Waals surface area contributed by atoms with E-state index in [0.29, 0.717) is 12.0 Å². The minimum absolute atomic E-state index is 0.198. The molecule has 19 heavy (non-hydrogen) atoms. The Morgan fingerprint density at radius 2 is 2.00 bits per heavy atom. The topological polar surface area (TPSA) is 35.5 Å². The molecule has 0 radical (unpaired) electrons. The highest BCUT2D eigenvalue weighted by molar-refractivity contribution is 5.48. The lowest BCUT2D eigenvalue weighted by atomic mass is 9.95. The number of β-amino-alcohol motifs (C(OH)–C–C–N with tert-alkyl or cyclic N) is 1. The summed E-state index contributed by atoms with van der Waals surface area (Å²) in [6, 6.07) is 9.20. The molecule has 2 N–H and O–H groups in total. The van der Waals surface area contributed by atoms with Gasteiger partial charge in [0.1, 0.15) is 0 Å². The van der Waals surface area contributed by atoms with Gasteiger partial charge in [0.2, 0.25) is 0 Å². The minimum Gasteiger partial charge on any atom is -0.391 e. The van der Waals surface area contributed by atoms with Crippen LogP contribution in [-0.2, 0) is 6.54 Å². The molecule has 1 aliphatic heterocycles. The van der Waals surface area contributed by atoms with Gasteiger partial charge in [0.25, 0.3) is 0 Å². The maximum Gasteiger partial charge on any atom is 0.0741 e. The molecule has 106 valence electrons. The molecule has 0 spiro atoms.